The van der Waals surface area contributed by atoms with E-state index >= 15 is 0 Å². The lowest BCUT2D eigenvalue weighted by atomic mass is 10.3. The number of anilines is 2. The zero-order valence-corrected chi connectivity index (χ0v) is 11.3. The minimum Gasteiger partial charge on any atom is -0.492 e. The van der Waals surface area contributed by atoms with Crippen molar-refractivity contribution in [1.29, 1.82) is 0 Å². The molecule has 6 nitrogen and oxygen atoms in total. The molecule has 104 valence electrons. The zero-order valence-electron chi connectivity index (χ0n) is 11.3. The summed E-state index contributed by atoms with van der Waals surface area (Å²) in [5.74, 6) is 0.625. The maximum atomic E-state index is 11.4. The van der Waals surface area contributed by atoms with Gasteiger partial charge in [0.1, 0.15) is 11.6 Å². The lowest BCUT2D eigenvalue weighted by molar-refractivity contribution is 0.0593. The smallest absolute Gasteiger partial charge is 0.358 e. The standard InChI is InChI=1S/C14H15N3O3/c1-3-20-12-7-5-4-6-10(12)16-13-9-15-8-11(17-13)14(18)19-2/h4-9H,3H2,1-2H3,(H,16,17). The Morgan fingerprint density at radius 1 is 1.30 bits per heavy atom. The highest BCUT2D eigenvalue weighted by Crippen LogP contribution is 2.26. The first-order chi connectivity index (χ1) is 9.74. The normalized spacial score (nSPS) is 9.90. The molecule has 0 spiro atoms. The van der Waals surface area contributed by atoms with Gasteiger partial charge in [0.25, 0.3) is 0 Å². The molecule has 1 N–H and O–H groups in total. The van der Waals surface area contributed by atoms with Gasteiger partial charge in [-0.1, -0.05) is 12.1 Å². The largest absolute Gasteiger partial charge is 0.492 e. The fourth-order valence-corrected chi connectivity index (χ4v) is 1.62. The number of rotatable bonds is 5. The number of benzene rings is 1. The van der Waals surface area contributed by atoms with Gasteiger partial charge in [-0.05, 0) is 19.1 Å². The number of ether oxygens (including phenoxy) is 2. The van der Waals surface area contributed by atoms with Crippen LogP contribution < -0.4 is 10.1 Å². The number of esters is 1. The molecule has 20 heavy (non-hydrogen) atoms. The predicted octanol–water partition coefficient (Wildman–Crippen LogP) is 2.41. The third-order valence-corrected chi connectivity index (χ3v) is 2.48. The summed E-state index contributed by atoms with van der Waals surface area (Å²) in [6.07, 6.45) is 2.88. The van der Waals surface area contributed by atoms with Crippen LogP contribution in [0.25, 0.3) is 0 Å². The monoisotopic (exact) mass is 273 g/mol. The highest BCUT2D eigenvalue weighted by molar-refractivity contribution is 5.87. The van der Waals surface area contributed by atoms with Gasteiger partial charge in [-0.15, -0.1) is 0 Å². The average Bonchev–Trinajstić information content (AvgIpc) is 2.49. The van der Waals surface area contributed by atoms with E-state index in [1.807, 2.05) is 31.2 Å². The van der Waals surface area contributed by atoms with Crippen molar-refractivity contribution in [2.75, 3.05) is 19.0 Å². The molecule has 1 aromatic heterocycles. The van der Waals surface area contributed by atoms with Gasteiger partial charge in [-0.3, -0.25) is 4.98 Å². The van der Waals surface area contributed by atoms with Crippen molar-refractivity contribution in [3.05, 3.63) is 42.4 Å². The van der Waals surface area contributed by atoms with Crippen molar-refractivity contribution >= 4 is 17.5 Å². The lowest BCUT2D eigenvalue weighted by Gasteiger charge is -2.11. The van der Waals surface area contributed by atoms with Crippen LogP contribution in [0.3, 0.4) is 0 Å². The first-order valence-corrected chi connectivity index (χ1v) is 6.13. The maximum absolute atomic E-state index is 11.4. The molecule has 1 aromatic carbocycles. The second-order valence-electron chi connectivity index (χ2n) is 3.84. The van der Waals surface area contributed by atoms with Crippen LogP contribution in [0.1, 0.15) is 17.4 Å². The fourth-order valence-electron chi connectivity index (χ4n) is 1.62. The molecular formula is C14H15N3O3. The summed E-state index contributed by atoms with van der Waals surface area (Å²) in [5.41, 5.74) is 0.900. The Bertz CT molecular complexity index is 602. The van der Waals surface area contributed by atoms with Gasteiger partial charge >= 0.3 is 5.97 Å². The van der Waals surface area contributed by atoms with Gasteiger partial charge in [0.05, 0.1) is 31.8 Å². The van der Waals surface area contributed by atoms with Crippen molar-refractivity contribution in [1.82, 2.24) is 9.97 Å². The maximum Gasteiger partial charge on any atom is 0.358 e. The van der Waals surface area contributed by atoms with Crippen LogP contribution in [-0.2, 0) is 4.74 Å². The second kappa shape index (κ2) is 6.51. The number of carbonyl (C=O) groups excluding carboxylic acids is 1. The molecule has 0 saturated carbocycles. The number of hydrogen-bond donors (Lipinski definition) is 1. The van der Waals surface area contributed by atoms with E-state index in [0.29, 0.717) is 18.2 Å². The summed E-state index contributed by atoms with van der Waals surface area (Å²) in [4.78, 5) is 19.5. The van der Waals surface area contributed by atoms with Crippen molar-refractivity contribution < 1.29 is 14.3 Å². The summed E-state index contributed by atoms with van der Waals surface area (Å²) >= 11 is 0. The van der Waals surface area contributed by atoms with E-state index in [2.05, 4.69) is 20.0 Å². The molecule has 0 amide bonds. The minimum absolute atomic E-state index is 0.145. The highest BCUT2D eigenvalue weighted by atomic mass is 16.5. The topological polar surface area (TPSA) is 73.3 Å². The Hall–Kier alpha value is -2.63. The van der Waals surface area contributed by atoms with E-state index in [0.717, 1.165) is 5.69 Å². The number of nitrogens with one attached hydrogen (secondary N) is 1. The third-order valence-electron chi connectivity index (χ3n) is 2.48. The van der Waals surface area contributed by atoms with E-state index in [9.17, 15) is 4.79 Å². The van der Waals surface area contributed by atoms with E-state index in [1.165, 1.54) is 19.5 Å². The summed E-state index contributed by atoms with van der Waals surface area (Å²) in [6.45, 7) is 2.47. The van der Waals surface area contributed by atoms with Gasteiger partial charge in [-0.2, -0.15) is 0 Å². The van der Waals surface area contributed by atoms with E-state index in [1.54, 1.807) is 0 Å². The number of methoxy groups -OCH3 is 1. The van der Waals surface area contributed by atoms with Gasteiger partial charge in [0.15, 0.2) is 5.69 Å². The molecule has 2 rings (SSSR count). The average molecular weight is 273 g/mol. The van der Waals surface area contributed by atoms with E-state index in [4.69, 9.17) is 4.74 Å². The Balaban J connectivity index is 2.24. The van der Waals surface area contributed by atoms with E-state index in [-0.39, 0.29) is 5.69 Å². The van der Waals surface area contributed by atoms with Gasteiger partial charge in [-0.25, -0.2) is 9.78 Å². The summed E-state index contributed by atoms with van der Waals surface area (Å²) in [6, 6.07) is 7.47. The van der Waals surface area contributed by atoms with Gasteiger partial charge < -0.3 is 14.8 Å². The molecule has 0 radical (unpaired) electrons. The summed E-state index contributed by atoms with van der Waals surface area (Å²) in [5, 5.41) is 3.07. The van der Waals surface area contributed by atoms with Crippen LogP contribution >= 0.6 is 0 Å². The fraction of sp³-hybridized carbons (Fsp3) is 0.214. The Morgan fingerprint density at radius 2 is 2.10 bits per heavy atom. The van der Waals surface area contributed by atoms with Crippen molar-refractivity contribution in [3.63, 3.8) is 0 Å². The Morgan fingerprint density at radius 3 is 2.85 bits per heavy atom. The van der Waals surface area contributed by atoms with Crippen molar-refractivity contribution in [2.24, 2.45) is 0 Å². The van der Waals surface area contributed by atoms with Crippen LogP contribution in [0.5, 0.6) is 5.75 Å². The first kappa shape index (κ1) is 13.8. The molecule has 0 atom stereocenters. The number of carbonyl (C=O) groups is 1. The predicted molar refractivity (Wildman–Crippen MR) is 74.3 cm³/mol. The van der Waals surface area contributed by atoms with Gasteiger partial charge in [0.2, 0.25) is 0 Å². The Labute approximate surface area is 116 Å². The molecular weight excluding hydrogens is 258 g/mol. The van der Waals surface area contributed by atoms with Crippen LogP contribution in [0, 0.1) is 0 Å². The van der Waals surface area contributed by atoms with Crippen LogP contribution in [-0.4, -0.2) is 29.7 Å². The quantitative estimate of drug-likeness (QED) is 0.843. The highest BCUT2D eigenvalue weighted by Gasteiger charge is 2.09. The molecule has 1 heterocycles. The van der Waals surface area contributed by atoms with Crippen LogP contribution in [0.2, 0.25) is 0 Å². The minimum atomic E-state index is -0.528. The molecule has 0 aliphatic carbocycles. The number of hydrogen-bond acceptors (Lipinski definition) is 6. The van der Waals surface area contributed by atoms with Gasteiger partial charge in [0, 0.05) is 0 Å². The molecule has 0 fully saturated rings. The Kier molecular flexibility index (Phi) is 4.49. The molecule has 0 saturated heterocycles. The number of nitrogens with zero attached hydrogens (tertiary/aromatic N) is 2. The van der Waals surface area contributed by atoms with Crippen molar-refractivity contribution in [2.45, 2.75) is 6.92 Å². The zero-order chi connectivity index (χ0) is 14.4. The molecule has 6 heteroatoms. The van der Waals surface area contributed by atoms with E-state index < -0.39 is 5.97 Å². The lowest BCUT2D eigenvalue weighted by Crippen LogP contribution is -2.07. The van der Waals surface area contributed by atoms with Crippen LogP contribution in [0.15, 0.2) is 36.7 Å². The molecule has 0 bridgehead atoms. The van der Waals surface area contributed by atoms with Crippen molar-refractivity contribution in [3.8, 4) is 5.75 Å². The van der Waals surface area contributed by atoms with Crippen LogP contribution in [0.4, 0.5) is 11.5 Å². The summed E-state index contributed by atoms with van der Waals surface area (Å²) < 4.78 is 10.1. The SMILES string of the molecule is CCOc1ccccc1Nc1cncc(C(=O)OC)n1. The number of para-hydroxylation sites is 2. The molecule has 0 unspecified atom stereocenters. The number of aromatic nitrogens is 2. The second-order valence-corrected chi connectivity index (χ2v) is 3.84. The molecule has 0 aliphatic heterocycles. The molecule has 0 aliphatic rings. The first-order valence-electron chi connectivity index (χ1n) is 6.13. The third kappa shape index (κ3) is 3.23. The summed E-state index contributed by atoms with van der Waals surface area (Å²) in [7, 11) is 1.30. The molecule has 2 aromatic rings.